The average Bonchev–Trinajstić information content (AvgIpc) is 3.28. The summed E-state index contributed by atoms with van der Waals surface area (Å²) in [5.41, 5.74) is 2.43. The number of aryl methyl sites for hydroxylation is 1. The Kier molecular flexibility index (Phi) is 6.29. The van der Waals surface area contributed by atoms with Gasteiger partial charge in [-0.15, -0.1) is 10.2 Å². The SMILES string of the molecule is Cn1c(Cc2nn(C)c(=O)c3ccccc23)nnc1SCc1ccccc1C(=O)NC12CC3CC(CC(C3)C1)C2. The molecule has 0 saturated heterocycles. The summed E-state index contributed by atoms with van der Waals surface area (Å²) >= 11 is 1.58. The molecule has 4 aromatic rings. The molecule has 2 heterocycles. The number of hydrogen-bond acceptors (Lipinski definition) is 6. The van der Waals surface area contributed by atoms with Crippen LogP contribution in [0.4, 0.5) is 0 Å². The molecule has 4 bridgehead atoms. The molecule has 2 aromatic carbocycles. The van der Waals surface area contributed by atoms with Crippen molar-refractivity contribution in [1.82, 2.24) is 29.9 Å². The fourth-order valence-corrected chi connectivity index (χ4v) is 8.80. The van der Waals surface area contributed by atoms with Gasteiger partial charge in [-0.2, -0.15) is 5.10 Å². The maximum Gasteiger partial charge on any atom is 0.274 e. The van der Waals surface area contributed by atoms with Crippen molar-refractivity contribution in [3.8, 4) is 0 Å². The normalized spacial score (nSPS) is 25.0. The molecule has 4 aliphatic rings. The molecule has 0 spiro atoms. The van der Waals surface area contributed by atoms with Gasteiger partial charge >= 0.3 is 0 Å². The van der Waals surface area contributed by atoms with Crippen molar-refractivity contribution in [2.24, 2.45) is 31.8 Å². The number of benzene rings is 2. The van der Waals surface area contributed by atoms with Gasteiger partial charge in [-0.05, 0) is 74.0 Å². The van der Waals surface area contributed by atoms with Gasteiger partial charge in [0, 0.05) is 36.3 Å². The van der Waals surface area contributed by atoms with Crippen molar-refractivity contribution in [2.45, 2.75) is 61.4 Å². The first-order valence-electron chi connectivity index (χ1n) is 14.2. The Morgan fingerprint density at radius 3 is 2.33 bits per heavy atom. The van der Waals surface area contributed by atoms with Crippen molar-refractivity contribution in [1.29, 1.82) is 0 Å². The van der Waals surface area contributed by atoms with Gasteiger partial charge < -0.3 is 9.88 Å². The largest absolute Gasteiger partial charge is 0.347 e. The van der Waals surface area contributed by atoms with Crippen LogP contribution < -0.4 is 10.9 Å². The van der Waals surface area contributed by atoms with Crippen LogP contribution in [0.15, 0.2) is 58.5 Å². The molecule has 1 amide bonds. The number of carbonyl (C=O) groups is 1. The molecule has 9 heteroatoms. The fraction of sp³-hybridized carbons (Fsp3) is 0.452. The molecule has 4 saturated carbocycles. The van der Waals surface area contributed by atoms with Crippen LogP contribution in [0.5, 0.6) is 0 Å². The van der Waals surface area contributed by atoms with E-state index in [0.29, 0.717) is 17.6 Å². The van der Waals surface area contributed by atoms with E-state index in [4.69, 9.17) is 0 Å². The monoisotopic (exact) mass is 554 g/mol. The number of carbonyl (C=O) groups excluding carboxylic acids is 1. The van der Waals surface area contributed by atoms with E-state index in [1.165, 1.54) is 23.9 Å². The molecule has 0 aliphatic heterocycles. The Morgan fingerprint density at radius 1 is 0.950 bits per heavy atom. The molecule has 2 aromatic heterocycles. The highest BCUT2D eigenvalue weighted by Gasteiger charge is 2.51. The standard InChI is InChI=1S/C31H34N6O2S/c1-36-27(14-26-24-9-5-6-10-25(24)29(39)37(2)35-26)33-34-30(36)40-18-22-7-3-4-8-23(22)28(38)32-31-15-19-11-20(16-31)13-21(12-19)17-31/h3-10,19-21H,11-18H2,1-2H3,(H,32,38). The minimum atomic E-state index is -0.112. The Morgan fingerprint density at radius 2 is 1.60 bits per heavy atom. The number of aromatic nitrogens is 5. The van der Waals surface area contributed by atoms with E-state index in [0.717, 1.165) is 70.2 Å². The molecule has 206 valence electrons. The molecular weight excluding hydrogens is 520 g/mol. The van der Waals surface area contributed by atoms with Gasteiger partial charge in [0.15, 0.2) is 5.16 Å². The second-order valence-corrected chi connectivity index (χ2v) is 13.1. The second kappa shape index (κ2) is 9.87. The van der Waals surface area contributed by atoms with Crippen LogP contribution >= 0.6 is 11.8 Å². The van der Waals surface area contributed by atoms with Gasteiger partial charge in [0.2, 0.25) is 0 Å². The van der Waals surface area contributed by atoms with E-state index < -0.39 is 0 Å². The van der Waals surface area contributed by atoms with Crippen molar-refractivity contribution in [3.05, 3.63) is 81.5 Å². The predicted octanol–water partition coefficient (Wildman–Crippen LogP) is 4.64. The molecule has 4 aliphatic carbocycles. The van der Waals surface area contributed by atoms with Gasteiger partial charge in [0.25, 0.3) is 11.5 Å². The van der Waals surface area contributed by atoms with Gasteiger partial charge in [0.1, 0.15) is 5.82 Å². The average molecular weight is 555 g/mol. The molecular formula is C31H34N6O2S. The molecule has 4 fully saturated rings. The van der Waals surface area contributed by atoms with Crippen molar-refractivity contribution in [3.63, 3.8) is 0 Å². The summed E-state index contributed by atoms with van der Waals surface area (Å²) in [6, 6.07) is 15.5. The van der Waals surface area contributed by atoms with Gasteiger partial charge in [-0.1, -0.05) is 48.2 Å². The van der Waals surface area contributed by atoms with Gasteiger partial charge in [-0.25, -0.2) is 4.68 Å². The smallest absolute Gasteiger partial charge is 0.274 e. The summed E-state index contributed by atoms with van der Waals surface area (Å²) in [6.45, 7) is 0. The lowest BCUT2D eigenvalue weighted by molar-refractivity contribution is -0.0167. The molecule has 8 nitrogen and oxygen atoms in total. The van der Waals surface area contributed by atoms with Crippen LogP contribution in [0.3, 0.4) is 0 Å². The predicted molar refractivity (Wildman–Crippen MR) is 155 cm³/mol. The third-order valence-corrected chi connectivity index (χ3v) is 10.4. The maximum atomic E-state index is 13.6. The lowest BCUT2D eigenvalue weighted by Crippen LogP contribution is -2.59. The van der Waals surface area contributed by atoms with Crippen molar-refractivity contribution >= 4 is 28.4 Å². The third kappa shape index (κ3) is 4.54. The van der Waals surface area contributed by atoms with E-state index in [1.54, 1.807) is 18.8 Å². The van der Waals surface area contributed by atoms with Crippen LogP contribution in [-0.2, 0) is 26.3 Å². The first-order chi connectivity index (χ1) is 19.4. The summed E-state index contributed by atoms with van der Waals surface area (Å²) in [6.07, 6.45) is 7.96. The van der Waals surface area contributed by atoms with Crippen LogP contribution in [0, 0.1) is 17.8 Å². The highest BCUT2D eigenvalue weighted by molar-refractivity contribution is 7.98. The van der Waals surface area contributed by atoms with Crippen LogP contribution in [0.1, 0.15) is 66.0 Å². The number of amides is 1. The minimum Gasteiger partial charge on any atom is -0.347 e. The second-order valence-electron chi connectivity index (χ2n) is 12.2. The van der Waals surface area contributed by atoms with E-state index in [-0.39, 0.29) is 17.0 Å². The third-order valence-electron chi connectivity index (χ3n) is 9.32. The van der Waals surface area contributed by atoms with E-state index in [9.17, 15) is 9.59 Å². The number of thioether (sulfide) groups is 1. The Labute approximate surface area is 237 Å². The maximum absolute atomic E-state index is 13.6. The fourth-order valence-electron chi connectivity index (χ4n) is 7.86. The number of rotatable bonds is 7. The Bertz CT molecular complexity index is 1640. The number of nitrogens with one attached hydrogen (secondary N) is 1. The summed E-state index contributed by atoms with van der Waals surface area (Å²) in [5.74, 6) is 3.82. The molecule has 0 unspecified atom stereocenters. The number of nitrogens with zero attached hydrogens (tertiary/aromatic N) is 5. The Balaban J connectivity index is 1.07. The van der Waals surface area contributed by atoms with Crippen LogP contribution in [-0.4, -0.2) is 36.0 Å². The lowest BCUT2D eigenvalue weighted by atomic mass is 9.53. The molecule has 40 heavy (non-hydrogen) atoms. The molecule has 1 N–H and O–H groups in total. The first kappa shape index (κ1) is 25.5. The highest BCUT2D eigenvalue weighted by atomic mass is 32.2. The zero-order valence-electron chi connectivity index (χ0n) is 23.0. The first-order valence-corrected chi connectivity index (χ1v) is 15.2. The zero-order chi connectivity index (χ0) is 27.4. The summed E-state index contributed by atoms with van der Waals surface area (Å²) in [4.78, 5) is 26.1. The summed E-state index contributed by atoms with van der Waals surface area (Å²) in [5, 5.41) is 19.2. The summed E-state index contributed by atoms with van der Waals surface area (Å²) < 4.78 is 3.36. The van der Waals surface area contributed by atoms with Gasteiger partial charge in [0.05, 0.1) is 17.5 Å². The minimum absolute atomic E-state index is 0.0102. The lowest BCUT2D eigenvalue weighted by Gasteiger charge is -2.56. The van der Waals surface area contributed by atoms with Crippen molar-refractivity contribution < 1.29 is 4.79 Å². The Hall–Kier alpha value is -3.46. The highest BCUT2D eigenvalue weighted by Crippen LogP contribution is 2.55. The number of hydrogen-bond donors (Lipinski definition) is 1. The molecule has 0 atom stereocenters. The van der Waals surface area contributed by atoms with E-state index in [2.05, 4.69) is 20.6 Å². The van der Waals surface area contributed by atoms with Crippen LogP contribution in [0.2, 0.25) is 0 Å². The van der Waals surface area contributed by atoms with Crippen LogP contribution in [0.25, 0.3) is 10.8 Å². The quantitative estimate of drug-likeness (QED) is 0.335. The molecule has 0 radical (unpaired) electrons. The zero-order valence-corrected chi connectivity index (χ0v) is 23.8. The number of fused-ring (bicyclic) bond motifs is 1. The molecule has 8 rings (SSSR count). The summed E-state index contributed by atoms with van der Waals surface area (Å²) in [7, 11) is 3.63. The van der Waals surface area contributed by atoms with Crippen molar-refractivity contribution in [2.75, 3.05) is 0 Å². The topological polar surface area (TPSA) is 94.7 Å². The van der Waals surface area contributed by atoms with Gasteiger partial charge in [-0.3, -0.25) is 9.59 Å². The van der Waals surface area contributed by atoms with E-state index >= 15 is 0 Å². The van der Waals surface area contributed by atoms with E-state index in [1.807, 2.05) is 60.1 Å².